The molecule has 0 aliphatic carbocycles. The molecule has 0 amide bonds. The van der Waals surface area contributed by atoms with Crippen molar-refractivity contribution in [2.45, 2.75) is 6.61 Å². The number of hydrogen-bond acceptors (Lipinski definition) is 1. The molecule has 0 saturated carbocycles. The van der Waals surface area contributed by atoms with Crippen LogP contribution in [-0.4, -0.2) is 6.61 Å². The van der Waals surface area contributed by atoms with Gasteiger partial charge in [0.1, 0.15) is 5.82 Å². The highest BCUT2D eigenvalue weighted by molar-refractivity contribution is 9.10. The summed E-state index contributed by atoms with van der Waals surface area (Å²) in [7, 11) is 0. The Bertz CT molecular complexity index is 299. The van der Waals surface area contributed by atoms with Crippen molar-refractivity contribution < 1.29 is 9.13 Å². The van der Waals surface area contributed by atoms with Crippen LogP contribution in [-0.2, 0) is 11.3 Å². The van der Waals surface area contributed by atoms with Crippen molar-refractivity contribution in [3.8, 4) is 0 Å². The first-order valence-electron chi connectivity index (χ1n) is 3.86. The Morgan fingerprint density at radius 2 is 2.31 bits per heavy atom. The van der Waals surface area contributed by atoms with Gasteiger partial charge in [0.25, 0.3) is 0 Å². The zero-order chi connectivity index (χ0) is 9.68. The van der Waals surface area contributed by atoms with Gasteiger partial charge in [0.15, 0.2) is 0 Å². The van der Waals surface area contributed by atoms with Gasteiger partial charge in [0, 0.05) is 0 Å². The molecule has 0 spiro atoms. The first kappa shape index (κ1) is 10.4. The van der Waals surface area contributed by atoms with Gasteiger partial charge in [-0.3, -0.25) is 0 Å². The fourth-order valence-electron chi connectivity index (χ4n) is 0.890. The van der Waals surface area contributed by atoms with E-state index in [9.17, 15) is 4.39 Å². The van der Waals surface area contributed by atoms with Crippen LogP contribution >= 0.6 is 15.9 Å². The Kier molecular flexibility index (Phi) is 4.12. The number of benzene rings is 1. The van der Waals surface area contributed by atoms with E-state index in [-0.39, 0.29) is 5.82 Å². The van der Waals surface area contributed by atoms with Crippen molar-refractivity contribution in [2.75, 3.05) is 6.61 Å². The molecular formula is C10H10BrFO. The summed E-state index contributed by atoms with van der Waals surface area (Å²) in [5.41, 5.74) is 0.940. The minimum atomic E-state index is -0.257. The molecule has 0 saturated heterocycles. The van der Waals surface area contributed by atoms with Gasteiger partial charge in [-0.15, -0.1) is 6.58 Å². The molecule has 13 heavy (non-hydrogen) atoms. The smallest absolute Gasteiger partial charge is 0.137 e. The molecule has 0 N–H and O–H groups in total. The first-order valence-corrected chi connectivity index (χ1v) is 4.66. The molecule has 3 heteroatoms. The van der Waals surface area contributed by atoms with Crippen LogP contribution in [0, 0.1) is 5.82 Å². The van der Waals surface area contributed by atoms with Gasteiger partial charge in [-0.25, -0.2) is 4.39 Å². The molecule has 1 rings (SSSR count). The molecule has 0 aromatic heterocycles. The number of halogens is 2. The van der Waals surface area contributed by atoms with Crippen molar-refractivity contribution in [3.63, 3.8) is 0 Å². The maximum atomic E-state index is 12.8. The van der Waals surface area contributed by atoms with E-state index in [0.29, 0.717) is 17.7 Å². The lowest BCUT2D eigenvalue weighted by Gasteiger charge is -2.02. The van der Waals surface area contributed by atoms with Crippen molar-refractivity contribution in [3.05, 3.63) is 46.7 Å². The Morgan fingerprint density at radius 3 is 2.92 bits per heavy atom. The minimum absolute atomic E-state index is 0.257. The summed E-state index contributed by atoms with van der Waals surface area (Å²) < 4.78 is 18.5. The zero-order valence-electron chi connectivity index (χ0n) is 7.09. The van der Waals surface area contributed by atoms with Crippen LogP contribution in [0.5, 0.6) is 0 Å². The average molecular weight is 245 g/mol. The predicted octanol–water partition coefficient (Wildman–Crippen LogP) is 3.29. The van der Waals surface area contributed by atoms with E-state index in [1.165, 1.54) is 6.07 Å². The number of hydrogen-bond donors (Lipinski definition) is 0. The van der Waals surface area contributed by atoms with Gasteiger partial charge in [0.2, 0.25) is 0 Å². The lowest BCUT2D eigenvalue weighted by atomic mass is 10.2. The lowest BCUT2D eigenvalue weighted by molar-refractivity contribution is 0.149. The molecule has 0 radical (unpaired) electrons. The summed E-state index contributed by atoms with van der Waals surface area (Å²) in [5.74, 6) is -0.257. The fourth-order valence-corrected chi connectivity index (χ4v) is 1.32. The van der Waals surface area contributed by atoms with Crippen molar-refractivity contribution in [2.24, 2.45) is 0 Å². The van der Waals surface area contributed by atoms with Crippen LogP contribution in [0.4, 0.5) is 4.39 Å². The van der Waals surface area contributed by atoms with Crippen LogP contribution in [0.3, 0.4) is 0 Å². The largest absolute Gasteiger partial charge is 0.373 e. The molecule has 0 atom stereocenters. The SMILES string of the molecule is C=CCOCc1ccc(F)c(Br)c1. The van der Waals surface area contributed by atoms with Crippen molar-refractivity contribution >= 4 is 15.9 Å². The number of rotatable bonds is 4. The summed E-state index contributed by atoms with van der Waals surface area (Å²) in [6, 6.07) is 4.82. The van der Waals surface area contributed by atoms with E-state index >= 15 is 0 Å². The van der Waals surface area contributed by atoms with Crippen molar-refractivity contribution in [1.82, 2.24) is 0 Å². The Morgan fingerprint density at radius 1 is 1.54 bits per heavy atom. The second-order valence-corrected chi connectivity index (χ2v) is 3.41. The Balaban J connectivity index is 2.57. The third kappa shape index (κ3) is 3.28. The molecule has 0 bridgehead atoms. The Hall–Kier alpha value is -0.670. The molecule has 0 unspecified atom stereocenters. The fraction of sp³-hybridized carbons (Fsp3) is 0.200. The van der Waals surface area contributed by atoms with Gasteiger partial charge in [0.05, 0.1) is 17.7 Å². The third-order valence-corrected chi connectivity index (χ3v) is 2.10. The molecule has 0 fully saturated rings. The third-order valence-electron chi connectivity index (χ3n) is 1.49. The molecule has 1 aromatic rings. The van der Waals surface area contributed by atoms with E-state index < -0.39 is 0 Å². The topological polar surface area (TPSA) is 9.23 Å². The van der Waals surface area contributed by atoms with E-state index in [1.54, 1.807) is 18.2 Å². The molecule has 0 aliphatic rings. The maximum Gasteiger partial charge on any atom is 0.137 e. The summed E-state index contributed by atoms with van der Waals surface area (Å²) in [6.45, 7) is 4.52. The van der Waals surface area contributed by atoms with Gasteiger partial charge < -0.3 is 4.74 Å². The zero-order valence-corrected chi connectivity index (χ0v) is 8.68. The van der Waals surface area contributed by atoms with Crippen LogP contribution < -0.4 is 0 Å². The van der Waals surface area contributed by atoms with E-state index in [0.717, 1.165) is 5.56 Å². The van der Waals surface area contributed by atoms with Crippen molar-refractivity contribution in [1.29, 1.82) is 0 Å². The standard InChI is InChI=1S/C10H10BrFO/c1-2-5-13-7-8-3-4-10(12)9(11)6-8/h2-4,6H,1,5,7H2. The highest BCUT2D eigenvalue weighted by atomic mass is 79.9. The monoisotopic (exact) mass is 244 g/mol. The second-order valence-electron chi connectivity index (χ2n) is 2.55. The normalized spacial score (nSPS) is 10.0. The van der Waals surface area contributed by atoms with Crippen LogP contribution in [0.1, 0.15) is 5.56 Å². The first-order chi connectivity index (χ1) is 6.24. The molecule has 0 aliphatic heterocycles. The van der Waals surface area contributed by atoms with E-state index in [1.807, 2.05) is 0 Å². The predicted molar refractivity (Wildman–Crippen MR) is 54.0 cm³/mol. The highest BCUT2D eigenvalue weighted by Gasteiger charge is 1.99. The number of ether oxygens (including phenoxy) is 1. The summed E-state index contributed by atoms with van der Waals surface area (Å²) >= 11 is 3.10. The quantitative estimate of drug-likeness (QED) is 0.584. The lowest BCUT2D eigenvalue weighted by Crippen LogP contribution is -1.93. The van der Waals surface area contributed by atoms with Crippen LogP contribution in [0.2, 0.25) is 0 Å². The van der Waals surface area contributed by atoms with Gasteiger partial charge in [-0.2, -0.15) is 0 Å². The summed E-state index contributed by atoms with van der Waals surface area (Å²) in [4.78, 5) is 0. The molecule has 70 valence electrons. The summed E-state index contributed by atoms with van der Waals surface area (Å²) in [6.07, 6.45) is 1.68. The van der Waals surface area contributed by atoms with Crippen LogP contribution in [0.25, 0.3) is 0 Å². The molecule has 1 nitrogen and oxygen atoms in total. The molecule has 1 aromatic carbocycles. The van der Waals surface area contributed by atoms with Gasteiger partial charge in [-0.05, 0) is 33.6 Å². The second kappa shape index (κ2) is 5.14. The Labute approximate surface area is 85.3 Å². The van der Waals surface area contributed by atoms with Gasteiger partial charge >= 0.3 is 0 Å². The molecule has 0 heterocycles. The van der Waals surface area contributed by atoms with Gasteiger partial charge in [-0.1, -0.05) is 12.1 Å². The van der Waals surface area contributed by atoms with E-state index in [2.05, 4.69) is 22.5 Å². The van der Waals surface area contributed by atoms with E-state index in [4.69, 9.17) is 4.74 Å². The minimum Gasteiger partial charge on any atom is -0.373 e. The molecular weight excluding hydrogens is 235 g/mol. The summed E-state index contributed by atoms with van der Waals surface area (Å²) in [5, 5.41) is 0. The average Bonchev–Trinajstić information content (AvgIpc) is 2.12. The highest BCUT2D eigenvalue weighted by Crippen LogP contribution is 2.17. The van der Waals surface area contributed by atoms with Crippen LogP contribution in [0.15, 0.2) is 35.3 Å². The maximum absolute atomic E-state index is 12.8.